The summed E-state index contributed by atoms with van der Waals surface area (Å²) in [5.41, 5.74) is 2.22. The lowest BCUT2D eigenvalue weighted by Gasteiger charge is -2.34. The van der Waals surface area contributed by atoms with Gasteiger partial charge in [-0.25, -0.2) is 4.68 Å². The van der Waals surface area contributed by atoms with Gasteiger partial charge in [-0.05, 0) is 68.3 Å². The van der Waals surface area contributed by atoms with Crippen LogP contribution >= 0.6 is 0 Å². The highest BCUT2D eigenvalue weighted by molar-refractivity contribution is 5.89. The van der Waals surface area contributed by atoms with Crippen LogP contribution in [0.1, 0.15) is 37.9 Å². The number of ether oxygens (including phenoxy) is 3. The van der Waals surface area contributed by atoms with E-state index in [1.165, 1.54) is 0 Å². The lowest BCUT2D eigenvalue weighted by Crippen LogP contribution is -2.49. The predicted octanol–water partition coefficient (Wildman–Crippen LogP) is 4.14. The maximum atomic E-state index is 14.1. The zero-order valence-corrected chi connectivity index (χ0v) is 23.7. The molecule has 0 aliphatic heterocycles. The molecule has 1 heterocycles. The summed E-state index contributed by atoms with van der Waals surface area (Å²) in [7, 11) is 4.67. The zero-order valence-electron chi connectivity index (χ0n) is 23.7. The second kappa shape index (κ2) is 12.1. The molecular formula is C30H35N5O5. The van der Waals surface area contributed by atoms with Gasteiger partial charge < -0.3 is 24.4 Å². The van der Waals surface area contributed by atoms with Crippen LogP contribution in [0, 0.1) is 0 Å². The molecule has 0 fully saturated rings. The first-order valence-electron chi connectivity index (χ1n) is 12.9. The average molecular weight is 546 g/mol. The molecule has 210 valence electrons. The molecule has 0 aliphatic carbocycles. The van der Waals surface area contributed by atoms with E-state index in [0.29, 0.717) is 28.3 Å². The first kappa shape index (κ1) is 28.4. The van der Waals surface area contributed by atoms with Crippen LogP contribution in [0.25, 0.3) is 11.0 Å². The summed E-state index contributed by atoms with van der Waals surface area (Å²) in [4.78, 5) is 29.7. The average Bonchev–Trinajstić information content (AvgIpc) is 3.34. The van der Waals surface area contributed by atoms with E-state index in [-0.39, 0.29) is 24.9 Å². The summed E-state index contributed by atoms with van der Waals surface area (Å²) in [5, 5.41) is 11.4. The van der Waals surface area contributed by atoms with Crippen LogP contribution in [0.4, 0.5) is 0 Å². The van der Waals surface area contributed by atoms with Crippen LogP contribution in [0.5, 0.6) is 17.2 Å². The first-order valence-corrected chi connectivity index (χ1v) is 12.9. The number of hydrogen-bond donors (Lipinski definition) is 1. The normalized spacial score (nSPS) is 12.1. The third-order valence-electron chi connectivity index (χ3n) is 6.29. The van der Waals surface area contributed by atoms with Gasteiger partial charge in [-0.3, -0.25) is 9.59 Å². The van der Waals surface area contributed by atoms with Crippen LogP contribution in [-0.2, 0) is 22.7 Å². The van der Waals surface area contributed by atoms with Crippen molar-refractivity contribution in [3.63, 3.8) is 0 Å². The summed E-state index contributed by atoms with van der Waals surface area (Å²) >= 11 is 0. The molecule has 0 bridgehead atoms. The van der Waals surface area contributed by atoms with Crippen LogP contribution in [0.2, 0.25) is 0 Å². The fraction of sp³-hybridized carbons (Fsp3) is 0.333. The van der Waals surface area contributed by atoms with Crippen molar-refractivity contribution in [1.29, 1.82) is 0 Å². The third kappa shape index (κ3) is 6.69. The number of carbonyl (C=O) groups excluding carboxylic acids is 2. The van der Waals surface area contributed by atoms with Crippen molar-refractivity contribution in [3.8, 4) is 17.2 Å². The zero-order chi connectivity index (χ0) is 28.9. The van der Waals surface area contributed by atoms with E-state index in [1.807, 2.05) is 69.3 Å². The van der Waals surface area contributed by atoms with Crippen molar-refractivity contribution in [3.05, 3.63) is 77.9 Å². The van der Waals surface area contributed by atoms with E-state index in [0.717, 1.165) is 11.1 Å². The fourth-order valence-corrected chi connectivity index (χ4v) is 4.40. The monoisotopic (exact) mass is 545 g/mol. The molecule has 3 aromatic carbocycles. The molecule has 0 saturated heterocycles. The molecule has 10 nitrogen and oxygen atoms in total. The number of hydrogen-bond acceptors (Lipinski definition) is 7. The SMILES string of the molecule is COc1ccc(CN(C(=O)Cn2nnc3ccccc32)[C@@H](C(=O)NC(C)(C)C)c2cc(OC)cc(OC)c2)cc1. The van der Waals surface area contributed by atoms with Gasteiger partial charge in [0.25, 0.3) is 0 Å². The summed E-state index contributed by atoms with van der Waals surface area (Å²) in [5.74, 6) is 1.04. The third-order valence-corrected chi connectivity index (χ3v) is 6.29. The Morgan fingerprint density at radius 3 is 2.12 bits per heavy atom. The first-order chi connectivity index (χ1) is 19.1. The minimum absolute atomic E-state index is 0.114. The molecule has 1 aromatic heterocycles. The van der Waals surface area contributed by atoms with Gasteiger partial charge in [0, 0.05) is 18.2 Å². The molecule has 4 aromatic rings. The number of carbonyl (C=O) groups is 2. The quantitative estimate of drug-likeness (QED) is 0.319. The Morgan fingerprint density at radius 1 is 0.900 bits per heavy atom. The number of nitrogens with one attached hydrogen (secondary N) is 1. The largest absolute Gasteiger partial charge is 0.497 e. The topological polar surface area (TPSA) is 108 Å². The van der Waals surface area contributed by atoms with Gasteiger partial charge in [0.2, 0.25) is 11.8 Å². The number of para-hydroxylation sites is 1. The van der Waals surface area contributed by atoms with Gasteiger partial charge in [0.15, 0.2) is 0 Å². The van der Waals surface area contributed by atoms with Crippen LogP contribution in [-0.4, -0.2) is 58.6 Å². The second-order valence-corrected chi connectivity index (χ2v) is 10.4. The van der Waals surface area contributed by atoms with Gasteiger partial charge in [-0.1, -0.05) is 29.5 Å². The summed E-state index contributed by atoms with van der Waals surface area (Å²) in [6, 6.07) is 19.0. The standard InChI is InChI=1S/C30H35N5O5/c1-30(2,3)31-29(37)28(21-15-23(39-5)17-24(16-21)40-6)34(18-20-11-13-22(38-4)14-12-20)27(36)19-35-26-10-8-7-9-25(26)32-33-35/h7-17,28H,18-19H2,1-6H3,(H,31,37)/t28-/m1/s1. The van der Waals surface area contributed by atoms with E-state index in [1.54, 1.807) is 49.1 Å². The molecule has 1 N–H and O–H groups in total. The van der Waals surface area contributed by atoms with Gasteiger partial charge in [-0.15, -0.1) is 5.10 Å². The Hall–Kier alpha value is -4.60. The van der Waals surface area contributed by atoms with Crippen molar-refractivity contribution >= 4 is 22.8 Å². The molecule has 0 radical (unpaired) electrons. The van der Waals surface area contributed by atoms with Gasteiger partial charge in [-0.2, -0.15) is 0 Å². The van der Waals surface area contributed by atoms with Gasteiger partial charge >= 0.3 is 0 Å². The van der Waals surface area contributed by atoms with E-state index >= 15 is 0 Å². The predicted molar refractivity (Wildman–Crippen MR) is 151 cm³/mol. The summed E-state index contributed by atoms with van der Waals surface area (Å²) in [6.07, 6.45) is 0. The van der Waals surface area contributed by atoms with Crippen LogP contribution in [0.15, 0.2) is 66.7 Å². The van der Waals surface area contributed by atoms with Crippen molar-refractivity contribution in [2.75, 3.05) is 21.3 Å². The highest BCUT2D eigenvalue weighted by Gasteiger charge is 2.34. The number of fused-ring (bicyclic) bond motifs is 1. The van der Waals surface area contributed by atoms with Gasteiger partial charge in [0.1, 0.15) is 35.4 Å². The maximum absolute atomic E-state index is 14.1. The Balaban J connectivity index is 1.82. The summed E-state index contributed by atoms with van der Waals surface area (Å²) in [6.45, 7) is 5.72. The van der Waals surface area contributed by atoms with E-state index in [2.05, 4.69) is 15.6 Å². The van der Waals surface area contributed by atoms with E-state index < -0.39 is 11.6 Å². The molecule has 0 aliphatic rings. The molecular weight excluding hydrogens is 510 g/mol. The molecule has 0 spiro atoms. The van der Waals surface area contributed by atoms with Crippen molar-refractivity contribution in [2.24, 2.45) is 0 Å². The molecule has 4 rings (SSSR count). The maximum Gasteiger partial charge on any atom is 0.247 e. The Bertz CT molecular complexity index is 1450. The Labute approximate surface area is 233 Å². The van der Waals surface area contributed by atoms with Crippen molar-refractivity contribution in [1.82, 2.24) is 25.2 Å². The van der Waals surface area contributed by atoms with Gasteiger partial charge in [0.05, 0.1) is 26.8 Å². The molecule has 40 heavy (non-hydrogen) atoms. The number of methoxy groups -OCH3 is 3. The van der Waals surface area contributed by atoms with E-state index in [4.69, 9.17) is 14.2 Å². The highest BCUT2D eigenvalue weighted by atomic mass is 16.5. The summed E-state index contributed by atoms with van der Waals surface area (Å²) < 4.78 is 17.8. The lowest BCUT2D eigenvalue weighted by atomic mass is 10.00. The Morgan fingerprint density at radius 2 is 1.52 bits per heavy atom. The number of nitrogens with zero attached hydrogens (tertiary/aromatic N) is 4. The minimum Gasteiger partial charge on any atom is -0.497 e. The molecule has 0 unspecified atom stereocenters. The molecule has 1 atom stereocenters. The van der Waals surface area contributed by atoms with Crippen molar-refractivity contribution < 1.29 is 23.8 Å². The number of rotatable bonds is 10. The molecule has 10 heteroatoms. The van der Waals surface area contributed by atoms with Crippen LogP contribution in [0.3, 0.4) is 0 Å². The number of benzene rings is 3. The lowest BCUT2D eigenvalue weighted by molar-refractivity contribution is -0.142. The smallest absolute Gasteiger partial charge is 0.247 e. The minimum atomic E-state index is -1.01. The molecule has 0 saturated carbocycles. The Kier molecular flexibility index (Phi) is 8.57. The number of aromatic nitrogens is 3. The van der Waals surface area contributed by atoms with Crippen LogP contribution < -0.4 is 19.5 Å². The second-order valence-electron chi connectivity index (χ2n) is 10.4. The van der Waals surface area contributed by atoms with E-state index in [9.17, 15) is 9.59 Å². The molecule has 2 amide bonds. The fourth-order valence-electron chi connectivity index (χ4n) is 4.40. The highest BCUT2D eigenvalue weighted by Crippen LogP contribution is 2.32. The number of amides is 2. The van der Waals surface area contributed by atoms with Crippen molar-refractivity contribution in [2.45, 2.75) is 45.4 Å².